The van der Waals surface area contributed by atoms with Crippen molar-refractivity contribution in [3.8, 4) is 17.5 Å². The van der Waals surface area contributed by atoms with E-state index in [1.165, 1.54) is 26.2 Å². The highest BCUT2D eigenvalue weighted by Gasteiger charge is 2.31. The van der Waals surface area contributed by atoms with Crippen molar-refractivity contribution in [2.45, 2.75) is 50.9 Å². The zero-order valence-corrected chi connectivity index (χ0v) is 22.4. The highest BCUT2D eigenvalue weighted by atomic mass is 19.3. The number of amides is 2. The molecule has 0 unspecified atom stereocenters. The molecule has 1 saturated carbocycles. The molecular weight excluding hydrogens is 543 g/mol. The van der Waals surface area contributed by atoms with Crippen LogP contribution in [-0.4, -0.2) is 75.6 Å². The van der Waals surface area contributed by atoms with Gasteiger partial charge in [0.15, 0.2) is 6.61 Å². The Morgan fingerprint density at radius 3 is 2.66 bits per heavy atom. The van der Waals surface area contributed by atoms with Crippen LogP contribution in [0.3, 0.4) is 0 Å². The summed E-state index contributed by atoms with van der Waals surface area (Å²) in [6.45, 7) is 1.49. The van der Waals surface area contributed by atoms with E-state index in [1.807, 2.05) is 6.07 Å². The van der Waals surface area contributed by atoms with Crippen molar-refractivity contribution >= 4 is 23.2 Å². The van der Waals surface area contributed by atoms with E-state index in [9.17, 15) is 27.9 Å². The van der Waals surface area contributed by atoms with Gasteiger partial charge in [0.25, 0.3) is 12.3 Å². The second-order valence-electron chi connectivity index (χ2n) is 10.4. The minimum absolute atomic E-state index is 0.0670. The lowest BCUT2D eigenvalue weighted by atomic mass is 9.80. The van der Waals surface area contributed by atoms with Gasteiger partial charge in [0.1, 0.15) is 12.2 Å². The molecule has 0 spiro atoms. The first kappa shape index (κ1) is 29.6. The van der Waals surface area contributed by atoms with Gasteiger partial charge in [0.05, 0.1) is 52.1 Å². The molecule has 1 aliphatic rings. The smallest absolute Gasteiger partial charge is 0.407 e. The van der Waals surface area contributed by atoms with Crippen LogP contribution in [0, 0.1) is 17.2 Å². The van der Waals surface area contributed by atoms with Crippen molar-refractivity contribution in [1.29, 1.82) is 5.26 Å². The molecule has 11 nitrogen and oxygen atoms in total. The minimum atomic E-state index is -2.74. The van der Waals surface area contributed by atoms with Gasteiger partial charge >= 0.3 is 6.09 Å². The number of nitrogens with one attached hydrogen (secondary N) is 3. The van der Waals surface area contributed by atoms with Crippen molar-refractivity contribution < 1.29 is 32.6 Å². The highest BCUT2D eigenvalue weighted by molar-refractivity contribution is 6.00. The molecule has 0 aromatic carbocycles. The maximum absolute atomic E-state index is 14.3. The number of anilines is 1. The number of fused-ring (bicyclic) bond motifs is 1. The van der Waals surface area contributed by atoms with Crippen LogP contribution in [0.15, 0.2) is 36.7 Å². The van der Waals surface area contributed by atoms with Crippen LogP contribution in [-0.2, 0) is 4.74 Å². The Bertz CT molecular complexity index is 1440. The number of ether oxygens (including phenoxy) is 1. The zero-order chi connectivity index (χ0) is 29.7. The Hall–Kier alpha value is -4.38. The number of alkyl halides is 3. The number of aromatic nitrogens is 3. The quantitative estimate of drug-likeness (QED) is 0.273. The Morgan fingerprint density at radius 2 is 1.98 bits per heavy atom. The molecule has 1 atom stereocenters. The summed E-state index contributed by atoms with van der Waals surface area (Å²) in [5, 5.41) is 31.6. The minimum Gasteiger partial charge on any atom is -0.443 e. The van der Waals surface area contributed by atoms with Crippen LogP contribution in [0.25, 0.3) is 16.9 Å². The Balaban J connectivity index is 1.49. The summed E-state index contributed by atoms with van der Waals surface area (Å²) in [7, 11) is 0. The second kappa shape index (κ2) is 12.4. The third-order valence-electron chi connectivity index (χ3n) is 6.72. The van der Waals surface area contributed by atoms with E-state index in [0.29, 0.717) is 41.0 Å². The van der Waals surface area contributed by atoms with Gasteiger partial charge in [-0.3, -0.25) is 9.78 Å². The number of nitrogens with zero attached hydrogens (tertiary/aromatic N) is 4. The number of carbonyl (C=O) groups is 2. The molecule has 3 aromatic rings. The summed E-state index contributed by atoms with van der Waals surface area (Å²) in [4.78, 5) is 29.0. The maximum atomic E-state index is 14.3. The number of halogens is 3. The van der Waals surface area contributed by atoms with Crippen LogP contribution in [0.5, 0.6) is 0 Å². The normalized spacial score (nSPS) is 17.4. The second-order valence-corrected chi connectivity index (χ2v) is 10.4. The molecule has 218 valence electrons. The first-order chi connectivity index (χ1) is 19.4. The van der Waals surface area contributed by atoms with Crippen molar-refractivity contribution in [2.24, 2.45) is 5.92 Å². The lowest BCUT2D eigenvalue weighted by Gasteiger charge is -2.37. The predicted molar refractivity (Wildman–Crippen MR) is 142 cm³/mol. The Morgan fingerprint density at radius 1 is 1.22 bits per heavy atom. The van der Waals surface area contributed by atoms with E-state index in [2.05, 4.69) is 30.8 Å². The molecule has 1 fully saturated rings. The highest BCUT2D eigenvalue weighted by Crippen LogP contribution is 2.32. The van der Waals surface area contributed by atoms with E-state index >= 15 is 0 Å². The number of pyridine rings is 1. The van der Waals surface area contributed by atoms with Crippen LogP contribution in [0.4, 0.5) is 23.7 Å². The zero-order valence-electron chi connectivity index (χ0n) is 22.4. The third-order valence-corrected chi connectivity index (χ3v) is 6.72. The van der Waals surface area contributed by atoms with Gasteiger partial charge in [0.2, 0.25) is 0 Å². The number of carbonyl (C=O) groups excluding carboxylic acids is 2. The van der Waals surface area contributed by atoms with E-state index < -0.39 is 43.4 Å². The standard InChI is InChI=1S/C27H30F3N7O4/c1-27(2,40)23(28)13-33-25(38)19-12-32-21(22-4-3-18-7-16(9-31)11-35-37(18)22)8-20(19)36-17-5-15(6-17)10-34-26(39)41-14-24(29)30/h3-4,7-8,11-12,15,17,23-24,40H,5-6,10,13-14H2,1-2H3,(H,32,36)(H,33,38)(H,34,39)/t15?,17?,23-/m1/s1. The monoisotopic (exact) mass is 573 g/mol. The molecule has 1 aliphatic carbocycles. The SMILES string of the molecule is CC(C)(O)[C@H](F)CNC(=O)c1cnc(-c2ccc3cc(C#N)cnn23)cc1NC1CC(CNC(=O)OCC(F)F)C1. The molecule has 4 rings (SSSR count). The van der Waals surface area contributed by atoms with Gasteiger partial charge in [-0.1, -0.05) is 0 Å². The van der Waals surface area contributed by atoms with Crippen molar-refractivity contribution in [3.63, 3.8) is 0 Å². The summed E-state index contributed by atoms with van der Waals surface area (Å²) < 4.78 is 44.7. The molecule has 0 radical (unpaired) electrons. The van der Waals surface area contributed by atoms with Gasteiger partial charge in [0, 0.05) is 18.8 Å². The fourth-order valence-electron chi connectivity index (χ4n) is 4.33. The van der Waals surface area contributed by atoms with E-state index in [0.717, 1.165) is 0 Å². The van der Waals surface area contributed by atoms with Gasteiger partial charge in [-0.05, 0) is 56.9 Å². The largest absolute Gasteiger partial charge is 0.443 e. The van der Waals surface area contributed by atoms with Crippen LogP contribution < -0.4 is 16.0 Å². The maximum Gasteiger partial charge on any atom is 0.407 e. The average Bonchev–Trinajstić information content (AvgIpc) is 3.34. The van der Waals surface area contributed by atoms with Gasteiger partial charge in [-0.15, -0.1) is 0 Å². The Kier molecular flexibility index (Phi) is 8.97. The molecule has 41 heavy (non-hydrogen) atoms. The fourth-order valence-corrected chi connectivity index (χ4v) is 4.33. The van der Waals surface area contributed by atoms with Gasteiger partial charge in [-0.25, -0.2) is 22.5 Å². The number of alkyl carbamates (subject to hydrolysis) is 1. The summed E-state index contributed by atoms with van der Waals surface area (Å²) >= 11 is 0. The number of hydrogen-bond donors (Lipinski definition) is 4. The first-order valence-electron chi connectivity index (χ1n) is 12.9. The summed E-state index contributed by atoms with van der Waals surface area (Å²) in [5.74, 6) is -0.521. The van der Waals surface area contributed by atoms with Crippen molar-refractivity contribution in [3.05, 3.63) is 47.8 Å². The van der Waals surface area contributed by atoms with Crippen molar-refractivity contribution in [1.82, 2.24) is 25.2 Å². The Labute approximate surface area is 233 Å². The van der Waals surface area contributed by atoms with E-state index in [1.54, 1.807) is 28.8 Å². The van der Waals surface area contributed by atoms with Gasteiger partial charge < -0.3 is 25.8 Å². The van der Waals surface area contributed by atoms with Gasteiger partial charge in [-0.2, -0.15) is 10.4 Å². The summed E-state index contributed by atoms with van der Waals surface area (Å²) in [5.41, 5.74) is 1.14. The van der Waals surface area contributed by atoms with Crippen LogP contribution in [0.1, 0.15) is 42.6 Å². The molecule has 0 bridgehead atoms. The molecule has 3 heterocycles. The lowest BCUT2D eigenvalue weighted by molar-refractivity contribution is -0.00178. The molecule has 0 aliphatic heterocycles. The number of rotatable bonds is 11. The molecule has 3 aromatic heterocycles. The third kappa shape index (κ3) is 7.43. The molecular formula is C27H30F3N7O4. The number of hydrogen-bond acceptors (Lipinski definition) is 8. The lowest BCUT2D eigenvalue weighted by Crippen LogP contribution is -2.43. The molecule has 14 heteroatoms. The topological polar surface area (TPSA) is 154 Å². The van der Waals surface area contributed by atoms with E-state index in [4.69, 9.17) is 5.26 Å². The molecule has 2 amide bonds. The fraction of sp³-hybridized carbons (Fsp3) is 0.444. The van der Waals surface area contributed by atoms with Crippen LogP contribution in [0.2, 0.25) is 0 Å². The number of aliphatic hydroxyl groups is 1. The van der Waals surface area contributed by atoms with Crippen molar-refractivity contribution in [2.75, 3.05) is 25.0 Å². The predicted octanol–water partition coefficient (Wildman–Crippen LogP) is 3.29. The first-order valence-corrected chi connectivity index (χ1v) is 12.9. The summed E-state index contributed by atoms with van der Waals surface area (Å²) in [6, 6.07) is 8.88. The molecule has 4 N–H and O–H groups in total. The van der Waals surface area contributed by atoms with Crippen LogP contribution >= 0.6 is 0 Å². The number of nitriles is 1. The average molecular weight is 574 g/mol. The van der Waals surface area contributed by atoms with E-state index in [-0.39, 0.29) is 24.1 Å². The summed E-state index contributed by atoms with van der Waals surface area (Å²) in [6.07, 6.45) is -1.32. The molecule has 0 saturated heterocycles.